The smallest absolute Gasteiger partial charge is 0.0998 e. The molecule has 74 valence electrons. The van der Waals surface area contributed by atoms with Gasteiger partial charge in [-0.05, 0) is 12.0 Å². The lowest BCUT2D eigenvalue weighted by molar-refractivity contribution is 0.230. The maximum Gasteiger partial charge on any atom is 0.0998 e. The van der Waals surface area contributed by atoms with Gasteiger partial charge in [-0.25, -0.2) is 0 Å². The molecule has 1 saturated carbocycles. The molecule has 1 aromatic carbocycles. The number of rotatable bonds is 1. The van der Waals surface area contributed by atoms with Crippen LogP contribution in [0.5, 0.6) is 0 Å². The van der Waals surface area contributed by atoms with Crippen LogP contribution in [0, 0.1) is 13.3 Å². The summed E-state index contributed by atoms with van der Waals surface area (Å²) in [6, 6.07) is 10.6. The summed E-state index contributed by atoms with van der Waals surface area (Å²) < 4.78 is 5.48. The third kappa shape index (κ3) is 0.955. The molecule has 1 aliphatic carbocycles. The summed E-state index contributed by atoms with van der Waals surface area (Å²) in [7, 11) is 0. The van der Waals surface area contributed by atoms with Crippen molar-refractivity contribution in [3.05, 3.63) is 55.7 Å². The minimum absolute atomic E-state index is 0. The first-order chi connectivity index (χ1) is 6.34. The molecule has 2 aliphatic rings. The molecule has 0 spiro atoms. The highest BCUT2D eigenvalue weighted by Gasteiger charge is 2.62. The fraction of sp³-hybridized carbons (Fsp3) is 0.308. The van der Waals surface area contributed by atoms with Crippen LogP contribution in [-0.2, 0) is 10.2 Å². The topological polar surface area (TPSA) is 9.23 Å². The molecule has 1 heterocycles. The van der Waals surface area contributed by atoms with E-state index in [9.17, 15) is 0 Å². The van der Waals surface area contributed by atoms with E-state index in [-0.39, 0.29) is 12.8 Å². The molecule has 0 N–H and O–H groups in total. The normalized spacial score (nSPS) is 32.9. The number of ether oxygens (including phenoxy) is 1. The molecular formula is C13H15O-. The second kappa shape index (κ2) is 2.88. The first-order valence-electron chi connectivity index (χ1n) is 4.72. The molecule has 0 aromatic heterocycles. The van der Waals surface area contributed by atoms with Gasteiger partial charge in [-0.15, -0.1) is 0 Å². The second-order valence-corrected chi connectivity index (χ2v) is 3.97. The third-order valence-corrected chi connectivity index (χ3v) is 3.35. The standard InChI is InChI=1S/C12H12O.CH3/c1-9-12(7-11(12)8-13-9)10-5-3-2-4-6-10;/h2-6,11H,1,7-8H2;1H3/q;-1. The SMILES string of the molecule is C=C1OCC2CC12c1ccccc1.[CH3-]. The van der Waals surface area contributed by atoms with Crippen LogP contribution in [-0.4, -0.2) is 6.61 Å². The van der Waals surface area contributed by atoms with Gasteiger partial charge in [0, 0.05) is 5.92 Å². The van der Waals surface area contributed by atoms with Crippen LogP contribution in [0.2, 0.25) is 0 Å². The zero-order chi connectivity index (χ0) is 8.89. The lowest BCUT2D eigenvalue weighted by Gasteiger charge is -2.13. The van der Waals surface area contributed by atoms with E-state index in [1.165, 1.54) is 12.0 Å². The van der Waals surface area contributed by atoms with Crippen LogP contribution >= 0.6 is 0 Å². The molecule has 2 unspecified atom stereocenters. The van der Waals surface area contributed by atoms with Crippen LogP contribution in [0.4, 0.5) is 0 Å². The molecule has 2 atom stereocenters. The zero-order valence-electron chi connectivity index (χ0n) is 8.49. The summed E-state index contributed by atoms with van der Waals surface area (Å²) in [6.45, 7) is 4.87. The van der Waals surface area contributed by atoms with Gasteiger partial charge in [0.1, 0.15) is 0 Å². The number of hydrogen-bond acceptors (Lipinski definition) is 1. The maximum absolute atomic E-state index is 5.48. The second-order valence-electron chi connectivity index (χ2n) is 3.97. The molecule has 1 heteroatoms. The van der Waals surface area contributed by atoms with Crippen LogP contribution in [0.15, 0.2) is 42.7 Å². The Morgan fingerprint density at radius 3 is 2.50 bits per heavy atom. The Hall–Kier alpha value is -1.24. The molecule has 3 rings (SSSR count). The van der Waals surface area contributed by atoms with Gasteiger partial charge < -0.3 is 12.2 Å². The fourth-order valence-corrected chi connectivity index (χ4v) is 2.45. The van der Waals surface area contributed by atoms with Gasteiger partial charge in [0.05, 0.1) is 17.8 Å². The van der Waals surface area contributed by atoms with Crippen molar-refractivity contribution in [3.8, 4) is 0 Å². The highest BCUT2D eigenvalue weighted by atomic mass is 16.5. The lowest BCUT2D eigenvalue weighted by Crippen LogP contribution is -2.07. The molecule has 14 heavy (non-hydrogen) atoms. The molecule has 0 amide bonds. The largest absolute Gasteiger partial charge is 0.497 e. The summed E-state index contributed by atoms with van der Waals surface area (Å²) in [5, 5.41) is 0. The third-order valence-electron chi connectivity index (χ3n) is 3.35. The summed E-state index contributed by atoms with van der Waals surface area (Å²) in [5.74, 6) is 1.67. The van der Waals surface area contributed by atoms with E-state index in [1.807, 2.05) is 0 Å². The van der Waals surface area contributed by atoms with Crippen molar-refractivity contribution in [2.75, 3.05) is 6.61 Å². The van der Waals surface area contributed by atoms with Crippen LogP contribution < -0.4 is 0 Å². The Balaban J connectivity index is 0.000000750. The quantitative estimate of drug-likeness (QED) is 0.614. The predicted octanol–water partition coefficient (Wildman–Crippen LogP) is 2.94. The Morgan fingerprint density at radius 2 is 2.00 bits per heavy atom. The van der Waals surface area contributed by atoms with E-state index in [0.717, 1.165) is 12.4 Å². The van der Waals surface area contributed by atoms with Crippen LogP contribution in [0.1, 0.15) is 12.0 Å². The molecule has 1 saturated heterocycles. The molecule has 2 fully saturated rings. The van der Waals surface area contributed by atoms with Gasteiger partial charge >= 0.3 is 0 Å². The minimum Gasteiger partial charge on any atom is -0.497 e. The lowest BCUT2D eigenvalue weighted by atomic mass is 9.93. The van der Waals surface area contributed by atoms with Gasteiger partial charge in [-0.1, -0.05) is 36.9 Å². The average Bonchev–Trinajstić information content (AvgIpc) is 2.84. The molecule has 0 bridgehead atoms. The number of benzene rings is 1. The van der Waals surface area contributed by atoms with Crippen molar-refractivity contribution in [3.63, 3.8) is 0 Å². The van der Waals surface area contributed by atoms with E-state index < -0.39 is 0 Å². The Bertz CT molecular complexity index is 355. The zero-order valence-corrected chi connectivity index (χ0v) is 8.49. The molecule has 1 nitrogen and oxygen atoms in total. The minimum atomic E-state index is 0. The maximum atomic E-state index is 5.48. The first kappa shape index (κ1) is 9.32. The molecule has 1 aromatic rings. The summed E-state index contributed by atoms with van der Waals surface area (Å²) in [5.41, 5.74) is 1.57. The first-order valence-corrected chi connectivity index (χ1v) is 4.72. The van der Waals surface area contributed by atoms with Crippen molar-refractivity contribution in [1.29, 1.82) is 0 Å². The van der Waals surface area contributed by atoms with E-state index in [2.05, 4.69) is 36.9 Å². The van der Waals surface area contributed by atoms with E-state index in [1.54, 1.807) is 0 Å². The van der Waals surface area contributed by atoms with Gasteiger partial charge in [-0.3, -0.25) is 0 Å². The van der Waals surface area contributed by atoms with Gasteiger partial charge in [-0.2, -0.15) is 0 Å². The summed E-state index contributed by atoms with van der Waals surface area (Å²) in [4.78, 5) is 0. The highest BCUT2D eigenvalue weighted by Crippen LogP contribution is 2.63. The Labute approximate surface area is 85.4 Å². The number of hydrogen-bond donors (Lipinski definition) is 0. The molecular weight excluding hydrogens is 172 g/mol. The Kier molecular flexibility index (Phi) is 1.91. The van der Waals surface area contributed by atoms with E-state index in [4.69, 9.17) is 4.74 Å². The monoisotopic (exact) mass is 187 g/mol. The van der Waals surface area contributed by atoms with Crippen LogP contribution in [0.25, 0.3) is 0 Å². The van der Waals surface area contributed by atoms with E-state index >= 15 is 0 Å². The van der Waals surface area contributed by atoms with Gasteiger partial charge in [0.2, 0.25) is 0 Å². The van der Waals surface area contributed by atoms with E-state index in [0.29, 0.717) is 5.92 Å². The van der Waals surface area contributed by atoms with Crippen molar-refractivity contribution in [1.82, 2.24) is 0 Å². The van der Waals surface area contributed by atoms with Gasteiger partial charge in [0.25, 0.3) is 0 Å². The average molecular weight is 187 g/mol. The molecule has 1 aliphatic heterocycles. The van der Waals surface area contributed by atoms with Gasteiger partial charge in [0.15, 0.2) is 0 Å². The summed E-state index contributed by atoms with van der Waals surface area (Å²) >= 11 is 0. The van der Waals surface area contributed by atoms with Crippen molar-refractivity contribution >= 4 is 0 Å². The Morgan fingerprint density at radius 1 is 1.29 bits per heavy atom. The number of allylic oxidation sites excluding steroid dienone is 1. The summed E-state index contributed by atoms with van der Waals surface area (Å²) in [6.07, 6.45) is 1.23. The van der Waals surface area contributed by atoms with Crippen molar-refractivity contribution in [2.45, 2.75) is 11.8 Å². The van der Waals surface area contributed by atoms with Crippen molar-refractivity contribution in [2.24, 2.45) is 5.92 Å². The number of fused-ring (bicyclic) bond motifs is 1. The fourth-order valence-electron chi connectivity index (χ4n) is 2.45. The predicted molar refractivity (Wildman–Crippen MR) is 57.7 cm³/mol. The molecule has 0 radical (unpaired) electrons. The highest BCUT2D eigenvalue weighted by molar-refractivity contribution is 5.44. The van der Waals surface area contributed by atoms with Crippen LogP contribution in [0.3, 0.4) is 0 Å². The van der Waals surface area contributed by atoms with Crippen molar-refractivity contribution < 1.29 is 4.74 Å².